The lowest BCUT2D eigenvalue weighted by Gasteiger charge is -2.44. The van der Waals surface area contributed by atoms with E-state index >= 15 is 0 Å². The van der Waals surface area contributed by atoms with Crippen molar-refractivity contribution in [1.29, 1.82) is 0 Å². The molecular weight excluding hydrogens is 208 g/mol. The van der Waals surface area contributed by atoms with Gasteiger partial charge in [0.1, 0.15) is 0 Å². The van der Waals surface area contributed by atoms with E-state index in [-0.39, 0.29) is 6.10 Å². The van der Waals surface area contributed by atoms with E-state index in [1.807, 2.05) is 0 Å². The van der Waals surface area contributed by atoms with Crippen LogP contribution in [0.1, 0.15) is 59.3 Å². The standard InChI is InChI=1S/C16H28O/c1-11(2)10-12(3)13-7-8-14-15(17)6-5-9-16(13,14)4/h11,13-15,17H,3,5-10H2,1-2,4H3/t13-,14+,15+,16-/m1/s1. The van der Waals surface area contributed by atoms with Crippen LogP contribution >= 0.6 is 0 Å². The topological polar surface area (TPSA) is 20.2 Å². The summed E-state index contributed by atoms with van der Waals surface area (Å²) >= 11 is 0. The molecule has 0 amide bonds. The number of aliphatic hydroxyl groups is 1. The van der Waals surface area contributed by atoms with Gasteiger partial charge in [-0.15, -0.1) is 0 Å². The Hall–Kier alpha value is -0.300. The second kappa shape index (κ2) is 4.76. The van der Waals surface area contributed by atoms with Gasteiger partial charge >= 0.3 is 0 Å². The van der Waals surface area contributed by atoms with Crippen LogP contribution < -0.4 is 0 Å². The molecule has 4 atom stereocenters. The first-order valence-electron chi connectivity index (χ1n) is 7.31. The maximum atomic E-state index is 10.2. The smallest absolute Gasteiger partial charge is 0.0573 e. The lowest BCUT2D eigenvalue weighted by molar-refractivity contribution is -0.0115. The second-order valence-electron chi connectivity index (χ2n) is 6.96. The van der Waals surface area contributed by atoms with Gasteiger partial charge in [0.05, 0.1) is 6.10 Å². The van der Waals surface area contributed by atoms with E-state index in [9.17, 15) is 5.11 Å². The number of rotatable bonds is 3. The Morgan fingerprint density at radius 2 is 2.06 bits per heavy atom. The summed E-state index contributed by atoms with van der Waals surface area (Å²) in [6.45, 7) is 11.3. The summed E-state index contributed by atoms with van der Waals surface area (Å²) in [4.78, 5) is 0. The minimum absolute atomic E-state index is 0.0504. The van der Waals surface area contributed by atoms with E-state index in [2.05, 4.69) is 27.4 Å². The molecule has 2 aliphatic carbocycles. The van der Waals surface area contributed by atoms with Crippen LogP contribution in [-0.2, 0) is 0 Å². The molecule has 0 unspecified atom stereocenters. The Labute approximate surface area is 106 Å². The van der Waals surface area contributed by atoms with Crippen molar-refractivity contribution in [2.24, 2.45) is 23.2 Å². The van der Waals surface area contributed by atoms with Crippen molar-refractivity contribution in [2.45, 2.75) is 65.4 Å². The largest absolute Gasteiger partial charge is 0.393 e. The number of hydrogen-bond acceptors (Lipinski definition) is 1. The quantitative estimate of drug-likeness (QED) is 0.729. The van der Waals surface area contributed by atoms with Gasteiger partial charge in [0, 0.05) is 0 Å². The molecule has 1 nitrogen and oxygen atoms in total. The van der Waals surface area contributed by atoms with Gasteiger partial charge in [-0.1, -0.05) is 39.3 Å². The Morgan fingerprint density at radius 1 is 1.35 bits per heavy atom. The Bertz CT molecular complexity index is 294. The van der Waals surface area contributed by atoms with Crippen LogP contribution in [0.5, 0.6) is 0 Å². The Morgan fingerprint density at radius 3 is 2.71 bits per heavy atom. The van der Waals surface area contributed by atoms with Crippen LogP contribution in [0.3, 0.4) is 0 Å². The molecule has 2 saturated carbocycles. The number of allylic oxidation sites excluding steroid dienone is 1. The Balaban J connectivity index is 2.12. The first kappa shape index (κ1) is 13.1. The molecule has 0 aliphatic heterocycles. The minimum Gasteiger partial charge on any atom is -0.393 e. The maximum absolute atomic E-state index is 10.2. The molecule has 0 aromatic rings. The minimum atomic E-state index is -0.0504. The average molecular weight is 236 g/mol. The fourth-order valence-corrected chi connectivity index (χ4v) is 4.49. The average Bonchev–Trinajstić information content (AvgIpc) is 2.55. The molecular formula is C16H28O. The third-order valence-corrected chi connectivity index (χ3v) is 5.25. The summed E-state index contributed by atoms with van der Waals surface area (Å²) < 4.78 is 0. The summed E-state index contributed by atoms with van der Waals surface area (Å²) in [5, 5.41) is 10.2. The van der Waals surface area contributed by atoms with Gasteiger partial charge in [-0.25, -0.2) is 0 Å². The molecule has 1 heteroatoms. The van der Waals surface area contributed by atoms with Gasteiger partial charge in [0.25, 0.3) is 0 Å². The molecule has 0 aromatic heterocycles. The van der Waals surface area contributed by atoms with Crippen molar-refractivity contribution in [3.63, 3.8) is 0 Å². The molecule has 17 heavy (non-hydrogen) atoms. The molecule has 2 fully saturated rings. The van der Waals surface area contributed by atoms with E-state index in [0.717, 1.165) is 12.8 Å². The Kier molecular flexibility index (Phi) is 3.68. The van der Waals surface area contributed by atoms with Gasteiger partial charge in [-0.05, 0) is 55.3 Å². The van der Waals surface area contributed by atoms with Gasteiger partial charge in [-0.2, -0.15) is 0 Å². The van der Waals surface area contributed by atoms with Crippen molar-refractivity contribution < 1.29 is 5.11 Å². The van der Waals surface area contributed by atoms with Crippen LogP contribution in [-0.4, -0.2) is 11.2 Å². The number of hydrogen-bond donors (Lipinski definition) is 1. The highest BCUT2D eigenvalue weighted by atomic mass is 16.3. The van der Waals surface area contributed by atoms with Crippen molar-refractivity contribution >= 4 is 0 Å². The van der Waals surface area contributed by atoms with Gasteiger partial charge in [0.2, 0.25) is 0 Å². The predicted octanol–water partition coefficient (Wildman–Crippen LogP) is 4.17. The molecule has 1 N–H and O–H groups in total. The van der Waals surface area contributed by atoms with E-state index in [1.54, 1.807) is 0 Å². The van der Waals surface area contributed by atoms with Crippen molar-refractivity contribution in [3.05, 3.63) is 12.2 Å². The zero-order valence-corrected chi connectivity index (χ0v) is 11.7. The van der Waals surface area contributed by atoms with Gasteiger partial charge in [0.15, 0.2) is 0 Å². The van der Waals surface area contributed by atoms with E-state index in [1.165, 1.54) is 31.3 Å². The lowest BCUT2D eigenvalue weighted by atomic mass is 9.62. The number of fused-ring (bicyclic) bond motifs is 1. The molecule has 0 bridgehead atoms. The third kappa shape index (κ3) is 2.31. The summed E-state index contributed by atoms with van der Waals surface area (Å²) in [5.74, 6) is 1.90. The first-order chi connectivity index (χ1) is 7.95. The SMILES string of the molecule is C=C(CC(C)C)[C@H]1CC[C@H]2[C@@H](O)CCC[C@]12C. The number of aliphatic hydroxyl groups excluding tert-OH is 1. The van der Waals surface area contributed by atoms with Crippen LogP contribution in [0.2, 0.25) is 0 Å². The van der Waals surface area contributed by atoms with Gasteiger partial charge < -0.3 is 5.11 Å². The van der Waals surface area contributed by atoms with E-state index < -0.39 is 0 Å². The van der Waals surface area contributed by atoms with Crippen molar-refractivity contribution in [1.82, 2.24) is 0 Å². The molecule has 0 spiro atoms. The molecule has 0 saturated heterocycles. The summed E-state index contributed by atoms with van der Waals surface area (Å²) in [6, 6.07) is 0. The summed E-state index contributed by atoms with van der Waals surface area (Å²) in [5.41, 5.74) is 1.78. The zero-order chi connectivity index (χ0) is 12.6. The third-order valence-electron chi connectivity index (χ3n) is 5.25. The van der Waals surface area contributed by atoms with E-state index in [0.29, 0.717) is 23.2 Å². The van der Waals surface area contributed by atoms with Crippen LogP contribution in [0.25, 0.3) is 0 Å². The van der Waals surface area contributed by atoms with E-state index in [4.69, 9.17) is 0 Å². The fraction of sp³-hybridized carbons (Fsp3) is 0.875. The van der Waals surface area contributed by atoms with Crippen molar-refractivity contribution in [2.75, 3.05) is 0 Å². The summed E-state index contributed by atoms with van der Waals surface area (Å²) in [6.07, 6.45) is 7.07. The normalized spacial score (nSPS) is 41.6. The van der Waals surface area contributed by atoms with Crippen LogP contribution in [0, 0.1) is 23.2 Å². The lowest BCUT2D eigenvalue weighted by Crippen LogP contribution is -2.40. The highest BCUT2D eigenvalue weighted by molar-refractivity contribution is 5.14. The van der Waals surface area contributed by atoms with Crippen LogP contribution in [0.15, 0.2) is 12.2 Å². The monoisotopic (exact) mass is 236 g/mol. The van der Waals surface area contributed by atoms with Crippen LogP contribution in [0.4, 0.5) is 0 Å². The molecule has 0 heterocycles. The second-order valence-corrected chi connectivity index (χ2v) is 6.96. The molecule has 0 radical (unpaired) electrons. The predicted molar refractivity (Wildman–Crippen MR) is 72.8 cm³/mol. The fourth-order valence-electron chi connectivity index (χ4n) is 4.49. The summed E-state index contributed by atoms with van der Waals surface area (Å²) in [7, 11) is 0. The molecule has 98 valence electrons. The molecule has 0 aromatic carbocycles. The molecule has 2 rings (SSSR count). The van der Waals surface area contributed by atoms with Gasteiger partial charge in [-0.3, -0.25) is 0 Å². The van der Waals surface area contributed by atoms with Crippen molar-refractivity contribution in [3.8, 4) is 0 Å². The highest BCUT2D eigenvalue weighted by Crippen LogP contribution is 2.57. The first-order valence-corrected chi connectivity index (χ1v) is 7.31. The highest BCUT2D eigenvalue weighted by Gasteiger charge is 2.51. The molecule has 2 aliphatic rings. The maximum Gasteiger partial charge on any atom is 0.0573 e. The zero-order valence-electron chi connectivity index (χ0n) is 11.7.